The second-order valence-electron chi connectivity index (χ2n) is 11.9. The van der Waals surface area contributed by atoms with E-state index in [0.29, 0.717) is 36.6 Å². The number of benzene rings is 2. The summed E-state index contributed by atoms with van der Waals surface area (Å²) in [6.07, 6.45) is 3.59. The first-order valence-electron chi connectivity index (χ1n) is 15.6. The number of ether oxygens (including phenoxy) is 3. The molecule has 1 aromatic heterocycles. The van der Waals surface area contributed by atoms with Crippen molar-refractivity contribution in [2.45, 2.75) is 71.3 Å². The van der Waals surface area contributed by atoms with Gasteiger partial charge >= 0.3 is 0 Å². The molecule has 1 aliphatic carbocycles. The van der Waals surface area contributed by atoms with Gasteiger partial charge in [-0.05, 0) is 108 Å². The van der Waals surface area contributed by atoms with Crippen molar-refractivity contribution in [2.24, 2.45) is 0 Å². The van der Waals surface area contributed by atoms with Crippen molar-refractivity contribution in [3.05, 3.63) is 75.2 Å². The van der Waals surface area contributed by atoms with Gasteiger partial charge in [-0.2, -0.15) is 0 Å². The van der Waals surface area contributed by atoms with Gasteiger partial charge in [0.1, 0.15) is 24.3 Å². The Labute approximate surface area is 262 Å². The van der Waals surface area contributed by atoms with Gasteiger partial charge in [-0.3, -0.25) is 10.1 Å². The summed E-state index contributed by atoms with van der Waals surface area (Å²) in [6, 6.07) is 15.2. The summed E-state index contributed by atoms with van der Waals surface area (Å²) >= 11 is 0. The predicted molar refractivity (Wildman–Crippen MR) is 177 cm³/mol. The minimum atomic E-state index is -1.00. The summed E-state index contributed by atoms with van der Waals surface area (Å²) in [6.45, 7) is 8.14. The molecule has 4 rings (SSSR count). The summed E-state index contributed by atoms with van der Waals surface area (Å²) in [7, 11) is 7.55. The van der Waals surface area contributed by atoms with E-state index < -0.39 is 6.23 Å². The second kappa shape index (κ2) is 15.6. The lowest BCUT2D eigenvalue weighted by molar-refractivity contribution is 0.136. The molecule has 3 N–H and O–H groups in total. The van der Waals surface area contributed by atoms with Crippen molar-refractivity contribution < 1.29 is 19.3 Å². The van der Waals surface area contributed by atoms with Crippen molar-refractivity contribution in [1.82, 2.24) is 15.2 Å². The van der Waals surface area contributed by atoms with E-state index in [2.05, 4.69) is 66.2 Å². The van der Waals surface area contributed by atoms with Crippen LogP contribution in [0.25, 0.3) is 11.1 Å². The quantitative estimate of drug-likeness (QED) is 0.171. The summed E-state index contributed by atoms with van der Waals surface area (Å²) in [5.41, 5.74) is 5.91. The summed E-state index contributed by atoms with van der Waals surface area (Å²) < 4.78 is 16.4. The second-order valence-corrected chi connectivity index (χ2v) is 11.9. The number of aryl methyl sites for hydroxylation is 1. The zero-order valence-corrected chi connectivity index (χ0v) is 27.4. The van der Waals surface area contributed by atoms with Gasteiger partial charge in [-0.25, -0.2) is 0 Å². The number of methoxy groups -OCH3 is 2. The number of anilines is 1. The zero-order chi connectivity index (χ0) is 31.8. The molecule has 3 aromatic rings. The number of H-pyrrole nitrogens is 1. The third-order valence-corrected chi connectivity index (χ3v) is 8.87. The maximum atomic E-state index is 12.7. The highest BCUT2D eigenvalue weighted by atomic mass is 16.5. The number of aliphatic hydroxyl groups is 1. The maximum Gasteiger partial charge on any atom is 0.256 e. The number of hydrogen-bond donors (Lipinski definition) is 3. The van der Waals surface area contributed by atoms with Crippen molar-refractivity contribution in [3.63, 3.8) is 0 Å². The first kappa shape index (κ1) is 33.5. The smallest absolute Gasteiger partial charge is 0.256 e. The SMILES string of the molecule is CCN(c1cc(-c2ccc(OCCOC)cc2)cc(C(O)NCc2c(OC)cc(C)[nH]c2=O)c1C)[C@H]1CC[C@H](N(C)C)CC1. The Balaban J connectivity index is 1.68. The molecule has 2 aromatic carbocycles. The largest absolute Gasteiger partial charge is 0.496 e. The summed E-state index contributed by atoms with van der Waals surface area (Å²) in [5, 5.41) is 14.8. The number of aliphatic hydroxyl groups excluding tert-OH is 1. The van der Waals surface area contributed by atoms with Crippen LogP contribution in [0.5, 0.6) is 11.5 Å². The summed E-state index contributed by atoms with van der Waals surface area (Å²) in [5.74, 6) is 1.28. The Morgan fingerprint density at radius 3 is 2.27 bits per heavy atom. The molecule has 1 aliphatic rings. The van der Waals surface area contributed by atoms with Gasteiger partial charge in [0.2, 0.25) is 0 Å². The van der Waals surface area contributed by atoms with Crippen LogP contribution in [-0.2, 0) is 11.3 Å². The lowest BCUT2D eigenvalue weighted by Crippen LogP contribution is -2.42. The highest BCUT2D eigenvalue weighted by molar-refractivity contribution is 5.73. The van der Waals surface area contributed by atoms with Crippen molar-refractivity contribution in [1.29, 1.82) is 0 Å². The molecule has 1 heterocycles. The van der Waals surface area contributed by atoms with Gasteiger partial charge in [0.15, 0.2) is 0 Å². The number of nitrogens with zero attached hydrogens (tertiary/aromatic N) is 2. The monoisotopic (exact) mass is 606 g/mol. The fourth-order valence-corrected chi connectivity index (χ4v) is 6.31. The number of pyridine rings is 1. The van der Waals surface area contributed by atoms with Crippen molar-refractivity contribution >= 4 is 5.69 Å². The van der Waals surface area contributed by atoms with Gasteiger partial charge in [0.25, 0.3) is 5.56 Å². The maximum absolute atomic E-state index is 12.7. The fourth-order valence-electron chi connectivity index (χ4n) is 6.31. The van der Waals surface area contributed by atoms with Gasteiger partial charge in [0.05, 0.1) is 19.3 Å². The molecule has 0 saturated heterocycles. The predicted octanol–water partition coefficient (Wildman–Crippen LogP) is 5.17. The average Bonchev–Trinajstić information content (AvgIpc) is 3.02. The molecule has 0 radical (unpaired) electrons. The molecule has 1 unspecified atom stereocenters. The zero-order valence-electron chi connectivity index (χ0n) is 27.4. The summed E-state index contributed by atoms with van der Waals surface area (Å²) in [4.78, 5) is 20.4. The molecule has 0 aliphatic heterocycles. The van der Waals surface area contributed by atoms with Gasteiger partial charge in [-0.15, -0.1) is 0 Å². The molecule has 0 amide bonds. The Hall–Kier alpha value is -3.37. The van der Waals surface area contributed by atoms with Gasteiger partial charge < -0.3 is 34.1 Å². The normalized spacial score (nSPS) is 17.5. The Morgan fingerprint density at radius 1 is 0.977 bits per heavy atom. The minimum absolute atomic E-state index is 0.151. The number of rotatable bonds is 14. The number of hydrogen-bond acceptors (Lipinski definition) is 8. The van der Waals surface area contributed by atoms with E-state index in [-0.39, 0.29) is 12.1 Å². The van der Waals surface area contributed by atoms with Gasteiger partial charge in [0, 0.05) is 49.2 Å². The van der Waals surface area contributed by atoms with Crippen LogP contribution in [-0.4, -0.2) is 75.1 Å². The van der Waals surface area contributed by atoms with Crippen molar-refractivity contribution in [3.8, 4) is 22.6 Å². The van der Waals surface area contributed by atoms with E-state index in [0.717, 1.165) is 58.8 Å². The van der Waals surface area contributed by atoms with E-state index >= 15 is 0 Å². The Kier molecular flexibility index (Phi) is 11.9. The van der Waals surface area contributed by atoms with Crippen LogP contribution in [0.1, 0.15) is 61.2 Å². The van der Waals surface area contributed by atoms with E-state index in [1.807, 2.05) is 25.1 Å². The first-order chi connectivity index (χ1) is 21.2. The van der Waals surface area contributed by atoms with E-state index in [4.69, 9.17) is 14.2 Å². The molecule has 0 bridgehead atoms. The van der Waals surface area contributed by atoms with Crippen LogP contribution in [0.4, 0.5) is 5.69 Å². The Morgan fingerprint density at radius 2 is 1.66 bits per heavy atom. The van der Waals surface area contributed by atoms with Crippen LogP contribution in [0, 0.1) is 13.8 Å². The van der Waals surface area contributed by atoms with Crippen LogP contribution in [0.3, 0.4) is 0 Å². The number of nitrogens with one attached hydrogen (secondary N) is 2. The van der Waals surface area contributed by atoms with Crippen molar-refractivity contribution in [2.75, 3.05) is 53.0 Å². The van der Waals surface area contributed by atoms with E-state index in [1.54, 1.807) is 20.3 Å². The molecule has 1 saturated carbocycles. The molecule has 1 atom stereocenters. The number of aromatic nitrogens is 1. The third kappa shape index (κ3) is 8.01. The van der Waals surface area contributed by atoms with Crippen LogP contribution in [0.15, 0.2) is 47.3 Å². The molecule has 44 heavy (non-hydrogen) atoms. The highest BCUT2D eigenvalue weighted by Crippen LogP contribution is 2.37. The molecule has 9 heteroatoms. The fraction of sp³-hybridized carbons (Fsp3) is 0.514. The van der Waals surface area contributed by atoms with Gasteiger partial charge in [-0.1, -0.05) is 12.1 Å². The molecular formula is C35H50N4O5. The van der Waals surface area contributed by atoms with Crippen LogP contribution < -0.4 is 25.2 Å². The van der Waals surface area contributed by atoms with E-state index in [9.17, 15) is 9.90 Å². The molecule has 1 fully saturated rings. The molecule has 9 nitrogen and oxygen atoms in total. The molecule has 0 spiro atoms. The first-order valence-corrected chi connectivity index (χ1v) is 15.6. The third-order valence-electron chi connectivity index (χ3n) is 8.87. The van der Waals surface area contributed by atoms with Crippen LogP contribution >= 0.6 is 0 Å². The topological polar surface area (TPSA) is 99.3 Å². The minimum Gasteiger partial charge on any atom is -0.496 e. The van der Waals surface area contributed by atoms with Crippen LogP contribution in [0.2, 0.25) is 0 Å². The molecule has 240 valence electrons. The molecular weight excluding hydrogens is 556 g/mol. The lowest BCUT2D eigenvalue weighted by Gasteiger charge is -2.40. The lowest BCUT2D eigenvalue weighted by atomic mass is 9.88. The Bertz CT molecular complexity index is 1410. The highest BCUT2D eigenvalue weighted by Gasteiger charge is 2.28. The standard InChI is InChI=1S/C35H50N4O5/c1-8-39(28-13-11-27(12-14-28)38(4)5)32-21-26(25-9-15-29(16-10-25)44-18-17-42-6)20-30(24(32)3)34(40)36-22-31-33(43-7)19-23(2)37-35(31)41/h9-10,15-16,19-21,27-28,34,36,40H,8,11-14,17-18,22H2,1-7H3,(H,37,41)/t27-,28-,34?. The van der Waals surface area contributed by atoms with E-state index in [1.165, 1.54) is 12.8 Å². The number of aromatic amines is 1. The average molecular weight is 607 g/mol.